The van der Waals surface area contributed by atoms with Crippen LogP contribution >= 0.6 is 0 Å². The summed E-state index contributed by atoms with van der Waals surface area (Å²) in [4.78, 5) is 0. The highest BCUT2D eigenvalue weighted by Crippen LogP contribution is 2.33. The van der Waals surface area contributed by atoms with Crippen LogP contribution in [0.5, 0.6) is 0 Å². The van der Waals surface area contributed by atoms with E-state index in [2.05, 4.69) is 0 Å². The van der Waals surface area contributed by atoms with Gasteiger partial charge < -0.3 is 55.1 Å². The summed E-state index contributed by atoms with van der Waals surface area (Å²) in [5.74, 6) is -2.25. The van der Waals surface area contributed by atoms with Crippen LogP contribution in [0.4, 0.5) is 0 Å². The molecular weight excluding hydrogens is 320 g/mol. The van der Waals surface area contributed by atoms with Gasteiger partial charge in [0.25, 0.3) is 0 Å². The number of aliphatic hydroxyl groups is 8. The van der Waals surface area contributed by atoms with Gasteiger partial charge in [0, 0.05) is 0 Å². The fourth-order valence-corrected chi connectivity index (χ4v) is 2.60. The first-order chi connectivity index (χ1) is 10.8. The van der Waals surface area contributed by atoms with E-state index in [1.54, 1.807) is 0 Å². The Labute approximate surface area is 130 Å². The predicted molar refractivity (Wildman–Crippen MR) is 68.6 cm³/mol. The third kappa shape index (κ3) is 3.36. The largest absolute Gasteiger partial charge is 0.394 e. The van der Waals surface area contributed by atoms with Crippen molar-refractivity contribution in [1.29, 1.82) is 0 Å². The summed E-state index contributed by atoms with van der Waals surface area (Å²) in [6.07, 6.45) is -13.1. The summed E-state index contributed by atoms with van der Waals surface area (Å²) < 4.78 is 15.1. The molecule has 2 heterocycles. The molecule has 9 atom stereocenters. The number of hydrogen-bond acceptors (Lipinski definition) is 11. The molecule has 2 saturated heterocycles. The van der Waals surface area contributed by atoms with Gasteiger partial charge in [0.15, 0.2) is 6.29 Å². The van der Waals surface area contributed by atoms with E-state index >= 15 is 0 Å². The minimum absolute atomic E-state index is 0.486. The van der Waals surface area contributed by atoms with Crippen molar-refractivity contribution in [3.05, 3.63) is 0 Å². The Morgan fingerprint density at radius 1 is 0.957 bits per heavy atom. The lowest BCUT2D eigenvalue weighted by molar-refractivity contribution is -0.393. The standard InChI is InChI=1S/C12H22O11/c13-1-5-7(17)9(8(18)11(20)22-5)23-12(3-14)10(19)6(16)4(15)2-21-12/h4-11,13-20H,1-3H2/t4-,5+,6-,7+,8+,9-,10+,11+,12-/m0/s1. The third-order valence-electron chi connectivity index (χ3n) is 4.06. The molecule has 0 aromatic heterocycles. The van der Waals surface area contributed by atoms with Crippen molar-refractivity contribution in [2.45, 2.75) is 54.8 Å². The molecule has 2 aliphatic rings. The van der Waals surface area contributed by atoms with Crippen LogP contribution in [-0.4, -0.2) is 115 Å². The fourth-order valence-electron chi connectivity index (χ4n) is 2.60. The molecular formula is C12H22O11. The van der Waals surface area contributed by atoms with Crippen molar-refractivity contribution < 1.29 is 55.1 Å². The molecule has 2 rings (SSSR count). The van der Waals surface area contributed by atoms with Gasteiger partial charge in [-0.3, -0.25) is 0 Å². The third-order valence-corrected chi connectivity index (χ3v) is 4.06. The maximum Gasteiger partial charge on any atom is 0.221 e. The van der Waals surface area contributed by atoms with E-state index in [4.69, 9.17) is 19.3 Å². The van der Waals surface area contributed by atoms with Gasteiger partial charge in [-0.2, -0.15) is 0 Å². The summed E-state index contributed by atoms with van der Waals surface area (Å²) in [5, 5.41) is 77.3. The Kier molecular flexibility index (Phi) is 5.92. The maximum atomic E-state index is 10.0. The van der Waals surface area contributed by atoms with Gasteiger partial charge in [0.05, 0.1) is 13.2 Å². The average Bonchev–Trinajstić information content (AvgIpc) is 2.55. The minimum Gasteiger partial charge on any atom is -0.394 e. The van der Waals surface area contributed by atoms with Crippen molar-refractivity contribution in [1.82, 2.24) is 0 Å². The minimum atomic E-state index is -2.25. The second kappa shape index (κ2) is 7.21. The van der Waals surface area contributed by atoms with Crippen LogP contribution in [0.3, 0.4) is 0 Å². The quantitative estimate of drug-likeness (QED) is 0.243. The molecule has 11 nitrogen and oxygen atoms in total. The van der Waals surface area contributed by atoms with Crippen LogP contribution in [-0.2, 0) is 14.2 Å². The van der Waals surface area contributed by atoms with Crippen molar-refractivity contribution in [3.63, 3.8) is 0 Å². The summed E-state index contributed by atoms with van der Waals surface area (Å²) in [5.41, 5.74) is 0. The SMILES string of the molecule is OC[C@H]1O[C@@H](O)[C@H](O)[C@@H](O[C@]2(CO)OC[C@H](O)[C@H](O)[C@H]2O)[C@@H]1O. The highest BCUT2D eigenvalue weighted by Gasteiger charge is 2.55. The summed E-state index contributed by atoms with van der Waals surface area (Å²) in [6.45, 7) is -2.16. The van der Waals surface area contributed by atoms with Crippen molar-refractivity contribution in [3.8, 4) is 0 Å². The zero-order chi connectivity index (χ0) is 17.4. The molecule has 136 valence electrons. The monoisotopic (exact) mass is 342 g/mol. The van der Waals surface area contributed by atoms with E-state index < -0.39 is 74.6 Å². The van der Waals surface area contributed by atoms with Crippen molar-refractivity contribution >= 4 is 0 Å². The molecule has 0 amide bonds. The maximum absolute atomic E-state index is 10.0. The molecule has 0 aromatic rings. The molecule has 0 radical (unpaired) electrons. The van der Waals surface area contributed by atoms with Crippen LogP contribution in [0, 0.1) is 0 Å². The summed E-state index contributed by atoms with van der Waals surface area (Å²) in [6, 6.07) is 0. The zero-order valence-corrected chi connectivity index (χ0v) is 12.0. The van der Waals surface area contributed by atoms with Crippen molar-refractivity contribution in [2.24, 2.45) is 0 Å². The molecule has 11 heteroatoms. The molecule has 2 fully saturated rings. The molecule has 0 saturated carbocycles. The van der Waals surface area contributed by atoms with E-state index in [-0.39, 0.29) is 0 Å². The van der Waals surface area contributed by atoms with E-state index in [0.29, 0.717) is 0 Å². The Morgan fingerprint density at radius 2 is 1.61 bits per heavy atom. The van der Waals surface area contributed by atoms with Crippen LogP contribution in [0.1, 0.15) is 0 Å². The highest BCUT2D eigenvalue weighted by atomic mass is 16.7. The molecule has 0 spiro atoms. The van der Waals surface area contributed by atoms with E-state index in [0.717, 1.165) is 0 Å². The summed E-state index contributed by atoms with van der Waals surface area (Å²) >= 11 is 0. The van der Waals surface area contributed by atoms with Gasteiger partial charge in [-0.05, 0) is 0 Å². The van der Waals surface area contributed by atoms with Crippen LogP contribution in [0.2, 0.25) is 0 Å². The molecule has 8 N–H and O–H groups in total. The first-order valence-electron chi connectivity index (χ1n) is 7.04. The molecule has 0 bridgehead atoms. The fraction of sp³-hybridized carbons (Fsp3) is 1.00. The molecule has 23 heavy (non-hydrogen) atoms. The van der Waals surface area contributed by atoms with Crippen LogP contribution in [0.15, 0.2) is 0 Å². The Hall–Kier alpha value is -0.440. The first kappa shape index (κ1) is 18.9. The number of rotatable bonds is 4. The molecule has 0 aromatic carbocycles. The number of aliphatic hydroxyl groups excluding tert-OH is 8. The van der Waals surface area contributed by atoms with Crippen LogP contribution < -0.4 is 0 Å². The lowest BCUT2D eigenvalue weighted by Gasteiger charge is -2.48. The average molecular weight is 342 g/mol. The highest BCUT2D eigenvalue weighted by molar-refractivity contribution is 4.97. The van der Waals surface area contributed by atoms with Gasteiger partial charge in [0.1, 0.15) is 49.3 Å². The van der Waals surface area contributed by atoms with Crippen LogP contribution in [0.25, 0.3) is 0 Å². The second-order valence-corrected chi connectivity index (χ2v) is 5.60. The Morgan fingerprint density at radius 3 is 2.17 bits per heavy atom. The van der Waals surface area contributed by atoms with Gasteiger partial charge in [0.2, 0.25) is 5.79 Å². The van der Waals surface area contributed by atoms with Gasteiger partial charge in [-0.25, -0.2) is 0 Å². The van der Waals surface area contributed by atoms with Gasteiger partial charge in [-0.1, -0.05) is 0 Å². The predicted octanol–water partition coefficient (Wildman–Crippen LogP) is -5.40. The lowest BCUT2D eigenvalue weighted by Crippen LogP contribution is -2.68. The zero-order valence-electron chi connectivity index (χ0n) is 12.0. The molecule has 0 unspecified atom stereocenters. The van der Waals surface area contributed by atoms with Gasteiger partial charge in [-0.15, -0.1) is 0 Å². The van der Waals surface area contributed by atoms with E-state index in [1.165, 1.54) is 0 Å². The summed E-state index contributed by atoms with van der Waals surface area (Å²) in [7, 11) is 0. The molecule has 0 aliphatic carbocycles. The molecule has 2 aliphatic heterocycles. The van der Waals surface area contributed by atoms with E-state index in [1.807, 2.05) is 0 Å². The number of hydrogen-bond donors (Lipinski definition) is 8. The Balaban J connectivity index is 2.22. The second-order valence-electron chi connectivity index (χ2n) is 5.60. The number of ether oxygens (including phenoxy) is 3. The van der Waals surface area contributed by atoms with Gasteiger partial charge >= 0.3 is 0 Å². The first-order valence-corrected chi connectivity index (χ1v) is 7.04. The normalized spacial score (nSPS) is 51.7. The topological polar surface area (TPSA) is 190 Å². The van der Waals surface area contributed by atoms with Crippen molar-refractivity contribution in [2.75, 3.05) is 19.8 Å². The van der Waals surface area contributed by atoms with E-state index in [9.17, 15) is 35.7 Å². The lowest BCUT2D eigenvalue weighted by atomic mass is 9.94. The Bertz CT molecular complexity index is 395. The smallest absolute Gasteiger partial charge is 0.221 e.